The van der Waals surface area contributed by atoms with Crippen molar-refractivity contribution in [1.29, 1.82) is 0 Å². The molecular formula is C19H22FNO2. The molecule has 0 saturated heterocycles. The molecule has 4 heteroatoms. The fourth-order valence-electron chi connectivity index (χ4n) is 2.58. The molecule has 0 radical (unpaired) electrons. The number of benzene rings is 2. The number of aldehydes is 1. The Bertz CT molecular complexity index is 662. The molecular weight excluding hydrogens is 293 g/mol. The van der Waals surface area contributed by atoms with Gasteiger partial charge in [-0.1, -0.05) is 18.2 Å². The average Bonchev–Trinajstić information content (AvgIpc) is 2.52. The van der Waals surface area contributed by atoms with E-state index in [2.05, 4.69) is 0 Å². The van der Waals surface area contributed by atoms with Crippen molar-refractivity contribution in [2.24, 2.45) is 0 Å². The second-order valence-corrected chi connectivity index (χ2v) is 5.78. The molecule has 0 fully saturated rings. The maximum absolute atomic E-state index is 13.6. The molecule has 0 aliphatic heterocycles. The number of carbonyl (C=O) groups excluding carboxylic acids is 1. The van der Waals surface area contributed by atoms with Crippen LogP contribution in [0, 0.1) is 19.7 Å². The molecule has 0 heterocycles. The molecule has 0 N–H and O–H groups in total. The standard InChI is InChI=1S/C19H22FNO2/c1-14-10-16(13-22)11-15(2)19(14)23-9-8-21(3)12-17-6-4-5-7-18(17)20/h4-7,10-11,13H,8-9,12H2,1-3H3. The minimum atomic E-state index is -0.184. The fourth-order valence-corrected chi connectivity index (χ4v) is 2.58. The van der Waals surface area contributed by atoms with Gasteiger partial charge in [-0.05, 0) is 50.2 Å². The lowest BCUT2D eigenvalue weighted by molar-refractivity contribution is 0.112. The van der Waals surface area contributed by atoms with Crippen LogP contribution in [-0.4, -0.2) is 31.4 Å². The molecule has 2 aromatic carbocycles. The van der Waals surface area contributed by atoms with Gasteiger partial charge in [-0.2, -0.15) is 0 Å². The summed E-state index contributed by atoms with van der Waals surface area (Å²) in [7, 11) is 1.94. The van der Waals surface area contributed by atoms with Gasteiger partial charge in [-0.15, -0.1) is 0 Å². The summed E-state index contributed by atoms with van der Waals surface area (Å²) in [5, 5.41) is 0. The van der Waals surface area contributed by atoms with E-state index in [0.29, 0.717) is 30.8 Å². The van der Waals surface area contributed by atoms with Crippen molar-refractivity contribution in [1.82, 2.24) is 4.90 Å². The predicted octanol–water partition coefficient (Wildman–Crippen LogP) is 3.77. The Morgan fingerprint density at radius 3 is 2.43 bits per heavy atom. The van der Waals surface area contributed by atoms with E-state index < -0.39 is 0 Å². The molecule has 0 aromatic heterocycles. The normalized spacial score (nSPS) is 10.8. The molecule has 2 rings (SSSR count). The monoisotopic (exact) mass is 315 g/mol. The molecule has 2 aromatic rings. The average molecular weight is 315 g/mol. The first-order valence-corrected chi connectivity index (χ1v) is 7.62. The minimum Gasteiger partial charge on any atom is -0.492 e. The number of likely N-dealkylation sites (N-methyl/N-ethyl adjacent to an activating group) is 1. The summed E-state index contributed by atoms with van der Waals surface area (Å²) in [6.07, 6.45) is 0.839. The summed E-state index contributed by atoms with van der Waals surface area (Å²) < 4.78 is 19.5. The Kier molecular flexibility index (Phi) is 5.88. The van der Waals surface area contributed by atoms with Crippen molar-refractivity contribution >= 4 is 6.29 Å². The lowest BCUT2D eigenvalue weighted by Crippen LogP contribution is -2.24. The van der Waals surface area contributed by atoms with E-state index in [4.69, 9.17) is 4.74 Å². The van der Waals surface area contributed by atoms with Crippen LogP contribution >= 0.6 is 0 Å². The van der Waals surface area contributed by atoms with E-state index in [1.54, 1.807) is 12.1 Å². The zero-order valence-corrected chi connectivity index (χ0v) is 13.8. The first kappa shape index (κ1) is 17.2. The number of ether oxygens (including phenoxy) is 1. The summed E-state index contributed by atoms with van der Waals surface area (Å²) >= 11 is 0. The molecule has 0 aliphatic carbocycles. The van der Waals surface area contributed by atoms with Gasteiger partial charge in [-0.3, -0.25) is 9.69 Å². The second kappa shape index (κ2) is 7.88. The summed E-state index contributed by atoms with van der Waals surface area (Å²) in [5.41, 5.74) is 3.23. The van der Waals surface area contributed by atoms with Gasteiger partial charge >= 0.3 is 0 Å². The number of hydrogen-bond donors (Lipinski definition) is 0. The molecule has 0 unspecified atom stereocenters. The molecule has 0 bridgehead atoms. The van der Waals surface area contributed by atoms with Gasteiger partial charge in [0.2, 0.25) is 0 Å². The highest BCUT2D eigenvalue weighted by Crippen LogP contribution is 2.24. The zero-order valence-electron chi connectivity index (χ0n) is 13.8. The molecule has 0 amide bonds. The first-order chi connectivity index (χ1) is 11.0. The molecule has 0 atom stereocenters. The van der Waals surface area contributed by atoms with Crippen molar-refractivity contribution in [3.63, 3.8) is 0 Å². The van der Waals surface area contributed by atoms with Crippen LogP contribution in [0.2, 0.25) is 0 Å². The highest BCUT2D eigenvalue weighted by molar-refractivity contribution is 5.76. The van der Waals surface area contributed by atoms with E-state index in [9.17, 15) is 9.18 Å². The van der Waals surface area contributed by atoms with E-state index in [1.807, 2.05) is 44.0 Å². The number of carbonyl (C=O) groups is 1. The van der Waals surface area contributed by atoms with Crippen molar-refractivity contribution in [3.05, 3.63) is 64.5 Å². The lowest BCUT2D eigenvalue weighted by Gasteiger charge is -2.19. The van der Waals surface area contributed by atoms with Crippen molar-refractivity contribution in [3.8, 4) is 5.75 Å². The van der Waals surface area contributed by atoms with Crippen molar-refractivity contribution in [2.45, 2.75) is 20.4 Å². The third-order valence-electron chi connectivity index (χ3n) is 3.74. The van der Waals surface area contributed by atoms with Gasteiger partial charge < -0.3 is 4.74 Å². The summed E-state index contributed by atoms with van der Waals surface area (Å²) in [6.45, 7) is 5.59. The quantitative estimate of drug-likeness (QED) is 0.729. The third kappa shape index (κ3) is 4.63. The summed E-state index contributed by atoms with van der Waals surface area (Å²) in [5.74, 6) is 0.631. The summed E-state index contributed by atoms with van der Waals surface area (Å²) in [4.78, 5) is 12.9. The number of rotatable bonds is 7. The molecule has 0 aliphatic rings. The van der Waals surface area contributed by atoms with Gasteiger partial charge in [0, 0.05) is 24.2 Å². The van der Waals surface area contributed by atoms with Crippen LogP contribution in [0.1, 0.15) is 27.0 Å². The van der Waals surface area contributed by atoms with E-state index >= 15 is 0 Å². The maximum atomic E-state index is 13.6. The number of nitrogens with zero attached hydrogens (tertiary/aromatic N) is 1. The highest BCUT2D eigenvalue weighted by atomic mass is 19.1. The van der Waals surface area contributed by atoms with E-state index in [0.717, 1.165) is 23.2 Å². The number of halogens is 1. The van der Waals surface area contributed by atoms with Crippen molar-refractivity contribution < 1.29 is 13.9 Å². The molecule has 23 heavy (non-hydrogen) atoms. The Labute approximate surface area is 136 Å². The van der Waals surface area contributed by atoms with Gasteiger partial charge in [0.1, 0.15) is 24.5 Å². The smallest absolute Gasteiger partial charge is 0.150 e. The number of aryl methyl sites for hydroxylation is 2. The topological polar surface area (TPSA) is 29.5 Å². The third-order valence-corrected chi connectivity index (χ3v) is 3.74. The van der Waals surface area contributed by atoms with Crippen LogP contribution in [0.3, 0.4) is 0 Å². The molecule has 0 spiro atoms. The largest absolute Gasteiger partial charge is 0.492 e. The maximum Gasteiger partial charge on any atom is 0.150 e. The Hall–Kier alpha value is -2.20. The van der Waals surface area contributed by atoms with Gasteiger partial charge in [0.15, 0.2) is 0 Å². The van der Waals surface area contributed by atoms with Gasteiger partial charge in [0.25, 0.3) is 0 Å². The molecule has 0 saturated carbocycles. The SMILES string of the molecule is Cc1cc(C=O)cc(C)c1OCCN(C)Cc1ccccc1F. The predicted molar refractivity (Wildman–Crippen MR) is 89.5 cm³/mol. The molecule has 122 valence electrons. The highest BCUT2D eigenvalue weighted by Gasteiger charge is 2.08. The first-order valence-electron chi connectivity index (χ1n) is 7.62. The second-order valence-electron chi connectivity index (χ2n) is 5.78. The van der Waals surface area contributed by atoms with E-state index in [1.165, 1.54) is 6.07 Å². The van der Waals surface area contributed by atoms with Crippen LogP contribution in [0.15, 0.2) is 36.4 Å². The van der Waals surface area contributed by atoms with Crippen LogP contribution in [0.25, 0.3) is 0 Å². The lowest BCUT2D eigenvalue weighted by atomic mass is 10.1. The fraction of sp³-hybridized carbons (Fsp3) is 0.316. The van der Waals surface area contributed by atoms with Crippen LogP contribution in [0.4, 0.5) is 4.39 Å². The van der Waals surface area contributed by atoms with Crippen LogP contribution < -0.4 is 4.74 Å². The van der Waals surface area contributed by atoms with Gasteiger partial charge in [0.05, 0.1) is 0 Å². The Morgan fingerprint density at radius 2 is 1.83 bits per heavy atom. The Morgan fingerprint density at radius 1 is 1.17 bits per heavy atom. The number of hydrogen-bond acceptors (Lipinski definition) is 3. The van der Waals surface area contributed by atoms with E-state index in [-0.39, 0.29) is 5.82 Å². The Balaban J connectivity index is 1.90. The van der Waals surface area contributed by atoms with Crippen LogP contribution in [0.5, 0.6) is 5.75 Å². The van der Waals surface area contributed by atoms with Gasteiger partial charge in [-0.25, -0.2) is 4.39 Å². The van der Waals surface area contributed by atoms with Crippen LogP contribution in [-0.2, 0) is 6.54 Å². The van der Waals surface area contributed by atoms with Crippen molar-refractivity contribution in [2.75, 3.05) is 20.2 Å². The summed E-state index contributed by atoms with van der Waals surface area (Å²) in [6, 6.07) is 10.4. The minimum absolute atomic E-state index is 0.184. The zero-order chi connectivity index (χ0) is 16.8. The molecule has 3 nitrogen and oxygen atoms in total.